The molecule has 3 nitrogen and oxygen atoms in total. The molecule has 1 heterocycles. The van der Waals surface area contributed by atoms with E-state index >= 15 is 0 Å². The first-order valence-electron chi connectivity index (χ1n) is 6.21. The molecule has 1 saturated heterocycles. The van der Waals surface area contributed by atoms with Crippen LogP contribution >= 0.6 is 0 Å². The topological polar surface area (TPSA) is 44.1 Å². The maximum atomic E-state index is 13.0. The number of amides is 1. The van der Waals surface area contributed by atoms with Crippen molar-refractivity contribution < 1.29 is 13.6 Å². The minimum absolute atomic E-state index is 0.0413. The van der Waals surface area contributed by atoms with E-state index in [2.05, 4.69) is 6.07 Å². The summed E-state index contributed by atoms with van der Waals surface area (Å²) in [6.45, 7) is 1.03. The first kappa shape index (κ1) is 13.5. The quantitative estimate of drug-likeness (QED) is 0.840. The highest BCUT2D eigenvalue weighted by atomic mass is 19.2. The fourth-order valence-corrected chi connectivity index (χ4v) is 2.18. The molecule has 0 saturated carbocycles. The molecular weight excluding hydrogens is 250 g/mol. The number of nitriles is 1. The van der Waals surface area contributed by atoms with Crippen LogP contribution in [0.1, 0.15) is 18.4 Å². The number of likely N-dealkylation sites (tertiary alicyclic amines) is 1. The van der Waals surface area contributed by atoms with Gasteiger partial charge in [0.2, 0.25) is 5.91 Å². The summed E-state index contributed by atoms with van der Waals surface area (Å²) in [5.41, 5.74) is 0.661. The molecule has 5 heteroatoms. The summed E-state index contributed by atoms with van der Waals surface area (Å²) in [6, 6.07) is 5.87. The lowest BCUT2D eigenvalue weighted by Gasteiger charge is -2.29. The highest BCUT2D eigenvalue weighted by Crippen LogP contribution is 2.18. The number of carbonyl (C=O) groups is 1. The van der Waals surface area contributed by atoms with Gasteiger partial charge < -0.3 is 4.90 Å². The van der Waals surface area contributed by atoms with E-state index in [0.717, 1.165) is 12.1 Å². The number of piperidine rings is 1. The van der Waals surface area contributed by atoms with Crippen LogP contribution in [0.25, 0.3) is 0 Å². The summed E-state index contributed by atoms with van der Waals surface area (Å²) in [5, 5.41) is 8.76. The summed E-state index contributed by atoms with van der Waals surface area (Å²) in [6.07, 6.45) is 1.43. The zero-order valence-corrected chi connectivity index (χ0v) is 10.4. The minimum atomic E-state index is -0.869. The van der Waals surface area contributed by atoms with Crippen LogP contribution in [0.5, 0.6) is 0 Å². The van der Waals surface area contributed by atoms with E-state index in [1.165, 1.54) is 6.07 Å². The van der Waals surface area contributed by atoms with Crippen molar-refractivity contribution in [1.82, 2.24) is 4.90 Å². The van der Waals surface area contributed by atoms with Crippen LogP contribution in [0.3, 0.4) is 0 Å². The van der Waals surface area contributed by atoms with Crippen molar-refractivity contribution in [1.29, 1.82) is 5.26 Å². The van der Waals surface area contributed by atoms with Crippen LogP contribution in [0, 0.1) is 28.9 Å². The van der Waals surface area contributed by atoms with Gasteiger partial charge in [-0.25, -0.2) is 8.78 Å². The van der Waals surface area contributed by atoms with Crippen LogP contribution in [0.2, 0.25) is 0 Å². The predicted molar refractivity (Wildman–Crippen MR) is 65.0 cm³/mol. The lowest BCUT2D eigenvalue weighted by atomic mass is 9.97. The monoisotopic (exact) mass is 264 g/mol. The molecule has 2 rings (SSSR count). The molecule has 19 heavy (non-hydrogen) atoms. The van der Waals surface area contributed by atoms with E-state index in [9.17, 15) is 13.6 Å². The van der Waals surface area contributed by atoms with Crippen molar-refractivity contribution in [3.05, 3.63) is 35.4 Å². The molecule has 0 aromatic heterocycles. The molecule has 0 radical (unpaired) electrons. The Hall–Kier alpha value is -1.96. The Balaban J connectivity index is 1.90. The first-order valence-corrected chi connectivity index (χ1v) is 6.21. The molecule has 0 N–H and O–H groups in total. The van der Waals surface area contributed by atoms with E-state index in [1.807, 2.05) is 0 Å². The van der Waals surface area contributed by atoms with Crippen LogP contribution in [-0.2, 0) is 11.2 Å². The Labute approximate surface area is 110 Å². The van der Waals surface area contributed by atoms with Gasteiger partial charge in [-0.2, -0.15) is 5.26 Å². The van der Waals surface area contributed by atoms with Gasteiger partial charge in [0.25, 0.3) is 0 Å². The third kappa shape index (κ3) is 3.28. The number of hydrogen-bond acceptors (Lipinski definition) is 2. The van der Waals surface area contributed by atoms with Crippen LogP contribution in [0.15, 0.2) is 18.2 Å². The average molecular weight is 264 g/mol. The van der Waals surface area contributed by atoms with Gasteiger partial charge in [-0.05, 0) is 30.5 Å². The standard InChI is InChI=1S/C14H14F2N2O/c15-12-2-1-10(7-13(12)16)3-5-18-6-4-11(9-17)8-14(18)19/h1-2,7,11H,3-6,8H2. The Kier molecular flexibility index (Phi) is 4.10. The van der Waals surface area contributed by atoms with Crippen LogP contribution in [-0.4, -0.2) is 23.9 Å². The van der Waals surface area contributed by atoms with Crippen LogP contribution in [0.4, 0.5) is 8.78 Å². The summed E-state index contributed by atoms with van der Waals surface area (Å²) in [4.78, 5) is 13.4. The smallest absolute Gasteiger partial charge is 0.223 e. The number of carbonyl (C=O) groups excluding carboxylic acids is 1. The van der Waals surface area contributed by atoms with Crippen molar-refractivity contribution in [3.8, 4) is 6.07 Å². The van der Waals surface area contributed by atoms with E-state index in [-0.39, 0.29) is 18.2 Å². The Bertz CT molecular complexity index is 525. The molecule has 0 bridgehead atoms. The second kappa shape index (κ2) is 5.79. The summed E-state index contributed by atoms with van der Waals surface area (Å²) in [5.74, 6) is -1.96. The maximum absolute atomic E-state index is 13.0. The number of halogens is 2. The number of hydrogen-bond donors (Lipinski definition) is 0. The SMILES string of the molecule is N#CC1CCN(CCc2ccc(F)c(F)c2)C(=O)C1. The van der Waals surface area contributed by atoms with Gasteiger partial charge in [0.15, 0.2) is 11.6 Å². The highest BCUT2D eigenvalue weighted by Gasteiger charge is 2.25. The first-order chi connectivity index (χ1) is 9.10. The fourth-order valence-electron chi connectivity index (χ4n) is 2.18. The molecule has 1 aliphatic rings. The van der Waals surface area contributed by atoms with Gasteiger partial charge in [0.05, 0.1) is 12.0 Å². The van der Waals surface area contributed by atoms with E-state index in [0.29, 0.717) is 31.5 Å². The molecule has 1 unspecified atom stereocenters. The molecule has 100 valence electrons. The maximum Gasteiger partial charge on any atom is 0.223 e. The second-order valence-electron chi connectivity index (χ2n) is 4.70. The van der Waals surface area contributed by atoms with Crippen molar-refractivity contribution in [3.63, 3.8) is 0 Å². The lowest BCUT2D eigenvalue weighted by Crippen LogP contribution is -2.39. The van der Waals surface area contributed by atoms with Gasteiger partial charge >= 0.3 is 0 Å². The fraction of sp³-hybridized carbons (Fsp3) is 0.429. The Morgan fingerprint density at radius 3 is 2.79 bits per heavy atom. The molecule has 1 aliphatic heterocycles. The lowest BCUT2D eigenvalue weighted by molar-refractivity contribution is -0.134. The molecule has 1 aromatic rings. The van der Waals surface area contributed by atoms with Gasteiger partial charge in [-0.3, -0.25) is 4.79 Å². The van der Waals surface area contributed by atoms with Crippen molar-refractivity contribution in [2.45, 2.75) is 19.3 Å². The van der Waals surface area contributed by atoms with E-state index < -0.39 is 11.6 Å². The van der Waals surface area contributed by atoms with Crippen molar-refractivity contribution >= 4 is 5.91 Å². The van der Waals surface area contributed by atoms with Gasteiger partial charge in [0.1, 0.15) is 0 Å². The van der Waals surface area contributed by atoms with Gasteiger partial charge in [0, 0.05) is 19.5 Å². The summed E-state index contributed by atoms with van der Waals surface area (Å²) < 4.78 is 25.8. The molecule has 1 aromatic carbocycles. The molecular formula is C14H14F2N2O. The van der Waals surface area contributed by atoms with E-state index in [1.54, 1.807) is 4.90 Å². The normalized spacial score (nSPS) is 19.3. The zero-order chi connectivity index (χ0) is 13.8. The summed E-state index contributed by atoms with van der Waals surface area (Å²) in [7, 11) is 0. The molecule has 0 spiro atoms. The number of benzene rings is 1. The van der Waals surface area contributed by atoms with Gasteiger partial charge in [-0.1, -0.05) is 6.07 Å². The number of nitrogens with zero attached hydrogens (tertiary/aromatic N) is 2. The average Bonchev–Trinajstić information content (AvgIpc) is 2.41. The largest absolute Gasteiger partial charge is 0.342 e. The molecule has 1 fully saturated rings. The van der Waals surface area contributed by atoms with Crippen molar-refractivity contribution in [2.75, 3.05) is 13.1 Å². The number of rotatable bonds is 3. The second-order valence-corrected chi connectivity index (χ2v) is 4.70. The third-order valence-electron chi connectivity index (χ3n) is 3.36. The van der Waals surface area contributed by atoms with E-state index in [4.69, 9.17) is 5.26 Å². The molecule has 1 atom stereocenters. The van der Waals surface area contributed by atoms with Crippen molar-refractivity contribution in [2.24, 2.45) is 5.92 Å². The van der Waals surface area contributed by atoms with Gasteiger partial charge in [-0.15, -0.1) is 0 Å². The highest BCUT2D eigenvalue weighted by molar-refractivity contribution is 5.77. The third-order valence-corrected chi connectivity index (χ3v) is 3.36. The van der Waals surface area contributed by atoms with Crippen LogP contribution < -0.4 is 0 Å². The molecule has 0 aliphatic carbocycles. The zero-order valence-electron chi connectivity index (χ0n) is 10.4. The Morgan fingerprint density at radius 2 is 2.16 bits per heavy atom. The summed E-state index contributed by atoms with van der Waals surface area (Å²) >= 11 is 0. The Morgan fingerprint density at radius 1 is 1.37 bits per heavy atom. The minimum Gasteiger partial charge on any atom is -0.342 e. The molecule has 1 amide bonds. The predicted octanol–water partition coefficient (Wildman–Crippen LogP) is 2.27.